The minimum absolute atomic E-state index is 0.0127. The fourth-order valence-corrected chi connectivity index (χ4v) is 3.36. The van der Waals surface area contributed by atoms with Crippen LogP contribution in [0.1, 0.15) is 51.0 Å². The molecule has 1 rings (SSSR count). The summed E-state index contributed by atoms with van der Waals surface area (Å²) >= 11 is 3.57. The van der Waals surface area contributed by atoms with Crippen molar-refractivity contribution in [2.24, 2.45) is 11.7 Å². The molecule has 0 bridgehead atoms. The molecular weight excluding hydrogens is 302 g/mol. The number of nitrogens with two attached hydrogens (primary N) is 1. The van der Waals surface area contributed by atoms with E-state index < -0.39 is 0 Å². The maximum absolute atomic E-state index is 10.7. The molecule has 0 aromatic heterocycles. The molecule has 108 valence electrons. The molecule has 0 aliphatic heterocycles. The van der Waals surface area contributed by atoms with Gasteiger partial charge >= 0.3 is 0 Å². The largest absolute Gasteiger partial charge is 0.392 e. The molecule has 2 unspecified atom stereocenters. The minimum atomic E-state index is -0.358. The van der Waals surface area contributed by atoms with Crippen molar-refractivity contribution in [3.63, 3.8) is 0 Å². The number of benzene rings is 1. The van der Waals surface area contributed by atoms with E-state index in [1.54, 1.807) is 0 Å². The van der Waals surface area contributed by atoms with Gasteiger partial charge in [-0.2, -0.15) is 0 Å². The lowest BCUT2D eigenvalue weighted by atomic mass is 9.81. The Morgan fingerprint density at radius 2 is 1.74 bits per heavy atom. The smallest absolute Gasteiger partial charge is 0.0649 e. The third-order valence-electron chi connectivity index (χ3n) is 3.77. The molecule has 19 heavy (non-hydrogen) atoms. The molecule has 1 aromatic carbocycles. The van der Waals surface area contributed by atoms with E-state index in [1.165, 1.54) is 0 Å². The van der Waals surface area contributed by atoms with Gasteiger partial charge in [0.1, 0.15) is 0 Å². The van der Waals surface area contributed by atoms with Gasteiger partial charge in [-0.25, -0.2) is 0 Å². The summed E-state index contributed by atoms with van der Waals surface area (Å²) in [6.45, 7) is 4.82. The van der Waals surface area contributed by atoms with Crippen LogP contribution in [0.3, 0.4) is 0 Å². The highest BCUT2D eigenvalue weighted by Crippen LogP contribution is 2.32. The van der Waals surface area contributed by atoms with Crippen LogP contribution in [-0.2, 0) is 0 Å². The zero-order valence-electron chi connectivity index (χ0n) is 12.0. The topological polar surface area (TPSA) is 46.2 Å². The van der Waals surface area contributed by atoms with E-state index >= 15 is 0 Å². The Balaban J connectivity index is 2.91. The van der Waals surface area contributed by atoms with Crippen molar-refractivity contribution in [2.45, 2.75) is 51.6 Å². The first-order chi connectivity index (χ1) is 9.15. The first kappa shape index (κ1) is 16.7. The third-order valence-corrected chi connectivity index (χ3v) is 4.49. The normalized spacial score (nSPS) is 14.6. The molecule has 3 heteroatoms. The van der Waals surface area contributed by atoms with Gasteiger partial charge in [-0.15, -0.1) is 0 Å². The van der Waals surface area contributed by atoms with E-state index in [9.17, 15) is 5.11 Å². The number of hydrogen-bond acceptors (Lipinski definition) is 2. The number of aliphatic hydroxyl groups excluding tert-OH is 1. The lowest BCUT2D eigenvalue weighted by Gasteiger charge is -2.30. The second kappa shape index (κ2) is 8.72. The fraction of sp³-hybridized carbons (Fsp3) is 0.625. The van der Waals surface area contributed by atoms with Gasteiger partial charge in [0.15, 0.2) is 0 Å². The van der Waals surface area contributed by atoms with Crippen molar-refractivity contribution in [3.05, 3.63) is 34.3 Å². The average molecular weight is 328 g/mol. The van der Waals surface area contributed by atoms with E-state index in [1.807, 2.05) is 18.2 Å². The van der Waals surface area contributed by atoms with Crippen LogP contribution in [0.25, 0.3) is 0 Å². The van der Waals surface area contributed by atoms with Gasteiger partial charge < -0.3 is 10.8 Å². The van der Waals surface area contributed by atoms with Gasteiger partial charge in [-0.05, 0) is 30.4 Å². The maximum Gasteiger partial charge on any atom is 0.0649 e. The predicted molar refractivity (Wildman–Crippen MR) is 85.3 cm³/mol. The van der Waals surface area contributed by atoms with Crippen molar-refractivity contribution in [1.82, 2.24) is 0 Å². The van der Waals surface area contributed by atoms with E-state index in [4.69, 9.17) is 5.73 Å². The predicted octanol–water partition coefficient (Wildman–Crippen LogP) is 4.07. The number of rotatable bonds is 8. The van der Waals surface area contributed by atoms with Crippen LogP contribution in [0.15, 0.2) is 28.7 Å². The van der Waals surface area contributed by atoms with E-state index in [0.717, 1.165) is 35.7 Å². The Kier molecular flexibility index (Phi) is 7.66. The monoisotopic (exact) mass is 327 g/mol. The molecule has 2 atom stereocenters. The second-order valence-electron chi connectivity index (χ2n) is 5.19. The quantitative estimate of drug-likeness (QED) is 0.756. The van der Waals surface area contributed by atoms with Gasteiger partial charge in [0, 0.05) is 16.9 Å². The Morgan fingerprint density at radius 1 is 1.16 bits per heavy atom. The Morgan fingerprint density at radius 3 is 2.21 bits per heavy atom. The van der Waals surface area contributed by atoms with Crippen LogP contribution in [0.4, 0.5) is 0 Å². The molecular formula is C16H26BrNO. The number of halogens is 1. The van der Waals surface area contributed by atoms with Crippen LogP contribution in [0.2, 0.25) is 0 Å². The zero-order valence-corrected chi connectivity index (χ0v) is 13.6. The summed E-state index contributed by atoms with van der Waals surface area (Å²) in [5.74, 6) is 0.356. The Hall–Kier alpha value is -0.380. The first-order valence-corrected chi connectivity index (χ1v) is 8.07. The third kappa shape index (κ3) is 4.59. The number of hydrogen-bond donors (Lipinski definition) is 2. The van der Waals surface area contributed by atoms with Crippen LogP contribution >= 0.6 is 15.9 Å². The molecule has 0 aliphatic rings. The summed E-state index contributed by atoms with van der Waals surface area (Å²) in [5, 5.41) is 10.7. The second-order valence-corrected chi connectivity index (χ2v) is 6.05. The molecule has 0 amide bonds. The minimum Gasteiger partial charge on any atom is -0.392 e. The van der Waals surface area contributed by atoms with Crippen LogP contribution in [0, 0.1) is 5.92 Å². The summed E-state index contributed by atoms with van der Waals surface area (Å²) in [5.41, 5.74) is 7.04. The van der Waals surface area contributed by atoms with Gasteiger partial charge in [0.05, 0.1) is 6.10 Å². The van der Waals surface area contributed by atoms with Crippen LogP contribution in [0.5, 0.6) is 0 Å². The first-order valence-electron chi connectivity index (χ1n) is 7.28. The molecule has 0 spiro atoms. The van der Waals surface area contributed by atoms with Crippen molar-refractivity contribution >= 4 is 15.9 Å². The van der Waals surface area contributed by atoms with Crippen molar-refractivity contribution in [2.75, 3.05) is 6.54 Å². The summed E-state index contributed by atoms with van der Waals surface area (Å²) < 4.78 is 1.04. The number of aliphatic hydroxyl groups is 1. The molecule has 0 heterocycles. The van der Waals surface area contributed by atoms with Crippen molar-refractivity contribution in [3.8, 4) is 0 Å². The SMILES string of the molecule is CCCC(CCC)C(O)C(CN)c1ccccc1Br. The maximum atomic E-state index is 10.7. The summed E-state index contributed by atoms with van der Waals surface area (Å²) in [4.78, 5) is 0. The van der Waals surface area contributed by atoms with E-state index in [0.29, 0.717) is 12.5 Å². The molecule has 0 radical (unpaired) electrons. The highest BCUT2D eigenvalue weighted by atomic mass is 79.9. The lowest BCUT2D eigenvalue weighted by Crippen LogP contribution is -2.32. The molecule has 0 fully saturated rings. The summed E-state index contributed by atoms with van der Waals surface area (Å²) in [6, 6.07) is 8.06. The van der Waals surface area contributed by atoms with Gasteiger partial charge in [-0.1, -0.05) is 60.8 Å². The Labute approximate surface area is 125 Å². The average Bonchev–Trinajstić information content (AvgIpc) is 2.41. The van der Waals surface area contributed by atoms with Crippen molar-refractivity contribution < 1.29 is 5.11 Å². The highest BCUT2D eigenvalue weighted by molar-refractivity contribution is 9.10. The molecule has 3 N–H and O–H groups in total. The van der Waals surface area contributed by atoms with Gasteiger partial charge in [0.25, 0.3) is 0 Å². The molecule has 0 saturated heterocycles. The molecule has 2 nitrogen and oxygen atoms in total. The molecule has 0 saturated carbocycles. The van der Waals surface area contributed by atoms with E-state index in [2.05, 4.69) is 35.8 Å². The van der Waals surface area contributed by atoms with Crippen LogP contribution < -0.4 is 5.73 Å². The summed E-state index contributed by atoms with van der Waals surface area (Å²) in [7, 11) is 0. The van der Waals surface area contributed by atoms with Crippen LogP contribution in [-0.4, -0.2) is 17.8 Å². The Bertz CT molecular complexity index is 364. The van der Waals surface area contributed by atoms with Crippen molar-refractivity contribution in [1.29, 1.82) is 0 Å². The highest BCUT2D eigenvalue weighted by Gasteiger charge is 2.28. The summed E-state index contributed by atoms with van der Waals surface area (Å²) in [6.07, 6.45) is 3.99. The molecule has 0 aliphatic carbocycles. The van der Waals surface area contributed by atoms with E-state index in [-0.39, 0.29) is 12.0 Å². The fourth-order valence-electron chi connectivity index (χ4n) is 2.78. The lowest BCUT2D eigenvalue weighted by molar-refractivity contribution is 0.0720. The molecule has 1 aromatic rings. The standard InChI is InChI=1S/C16H26BrNO/c1-3-7-12(8-4-2)16(19)14(11-18)13-9-5-6-10-15(13)17/h5-6,9-10,12,14,16,19H,3-4,7-8,11,18H2,1-2H3. The zero-order chi connectivity index (χ0) is 14.3. The van der Waals surface area contributed by atoms with Gasteiger partial charge in [0.2, 0.25) is 0 Å². The van der Waals surface area contributed by atoms with Gasteiger partial charge in [-0.3, -0.25) is 0 Å².